The van der Waals surface area contributed by atoms with E-state index < -0.39 is 0 Å². The van der Waals surface area contributed by atoms with E-state index in [1.165, 1.54) is 11.3 Å². The number of carbonyl (C=O) groups is 1. The second-order valence-corrected chi connectivity index (χ2v) is 8.56. The largest absolute Gasteiger partial charge is 0.348 e. The average Bonchev–Trinajstić information content (AvgIpc) is 2.34. The van der Waals surface area contributed by atoms with Crippen molar-refractivity contribution in [2.75, 3.05) is 12.0 Å². The fourth-order valence-corrected chi connectivity index (χ4v) is 3.82. The van der Waals surface area contributed by atoms with Gasteiger partial charge in [0.25, 0.3) is 0 Å². The highest BCUT2D eigenvalue weighted by Gasteiger charge is 2.23. The van der Waals surface area contributed by atoms with Gasteiger partial charge in [-0.15, -0.1) is 11.8 Å². The lowest BCUT2D eigenvalue weighted by Crippen LogP contribution is -2.41. The third-order valence-electron chi connectivity index (χ3n) is 3.07. The van der Waals surface area contributed by atoms with Crippen LogP contribution in [0.25, 0.3) is 0 Å². The van der Waals surface area contributed by atoms with Gasteiger partial charge in [-0.25, -0.2) is 0 Å². The Kier molecular flexibility index (Phi) is 6.81. The van der Waals surface area contributed by atoms with Crippen molar-refractivity contribution in [1.82, 2.24) is 5.32 Å². The molecule has 0 aromatic carbocycles. The van der Waals surface area contributed by atoms with E-state index in [1.807, 2.05) is 44.3 Å². The fourth-order valence-electron chi connectivity index (χ4n) is 1.98. The molecule has 1 N–H and O–H groups in total. The molecule has 0 fully saturated rings. The van der Waals surface area contributed by atoms with Crippen LogP contribution in [0.15, 0.2) is 10.5 Å². The fraction of sp³-hybridized carbons (Fsp3) is 0.800. The first-order valence-electron chi connectivity index (χ1n) is 7.03. The number of amides is 1. The highest BCUT2D eigenvalue weighted by Crippen LogP contribution is 2.34. The van der Waals surface area contributed by atoms with Gasteiger partial charge in [-0.3, -0.25) is 4.79 Å². The molecule has 19 heavy (non-hydrogen) atoms. The predicted molar refractivity (Wildman–Crippen MR) is 88.8 cm³/mol. The summed E-state index contributed by atoms with van der Waals surface area (Å²) in [5.74, 6) is 1.24. The molecule has 1 unspecified atom stereocenters. The van der Waals surface area contributed by atoms with Crippen LogP contribution in [-0.2, 0) is 4.79 Å². The zero-order valence-corrected chi connectivity index (χ0v) is 14.5. The maximum atomic E-state index is 12.4. The Morgan fingerprint density at radius 1 is 1.32 bits per heavy atom. The van der Waals surface area contributed by atoms with Crippen LogP contribution in [-0.4, -0.2) is 28.7 Å². The molecule has 4 heteroatoms. The molecule has 0 saturated carbocycles. The minimum absolute atomic E-state index is 0.145. The number of allylic oxidation sites excluding steroid dienone is 1. The van der Waals surface area contributed by atoms with Crippen molar-refractivity contribution in [3.05, 3.63) is 10.5 Å². The van der Waals surface area contributed by atoms with Crippen LogP contribution in [0, 0.1) is 0 Å². The highest BCUT2D eigenvalue weighted by atomic mass is 32.2. The lowest BCUT2D eigenvalue weighted by Gasteiger charge is -2.25. The third kappa shape index (κ3) is 6.26. The van der Waals surface area contributed by atoms with Crippen molar-refractivity contribution in [3.63, 3.8) is 0 Å². The Labute approximate surface area is 126 Å². The van der Waals surface area contributed by atoms with Crippen LogP contribution in [0.1, 0.15) is 53.4 Å². The molecular weight excluding hydrogens is 274 g/mol. The van der Waals surface area contributed by atoms with E-state index in [4.69, 9.17) is 0 Å². The predicted octanol–water partition coefficient (Wildman–Crippen LogP) is 4.21. The van der Waals surface area contributed by atoms with Gasteiger partial charge < -0.3 is 5.32 Å². The summed E-state index contributed by atoms with van der Waals surface area (Å²) in [7, 11) is 0. The van der Waals surface area contributed by atoms with Gasteiger partial charge in [0.2, 0.25) is 5.91 Å². The number of carbonyl (C=O) groups excluding carboxylic acids is 1. The Bertz CT molecular complexity index is 345. The minimum atomic E-state index is -0.149. The summed E-state index contributed by atoms with van der Waals surface area (Å²) in [4.78, 5) is 13.7. The van der Waals surface area contributed by atoms with Crippen molar-refractivity contribution in [1.29, 1.82) is 0 Å². The molecule has 1 atom stereocenters. The maximum absolute atomic E-state index is 12.4. The van der Waals surface area contributed by atoms with E-state index in [-0.39, 0.29) is 11.4 Å². The zero-order chi connectivity index (χ0) is 14.5. The molecule has 2 nitrogen and oxygen atoms in total. The smallest absolute Gasteiger partial charge is 0.248 e. The number of hydrogen-bond acceptors (Lipinski definition) is 3. The Hall–Kier alpha value is -0.0900. The van der Waals surface area contributed by atoms with E-state index in [1.54, 1.807) is 0 Å². The summed E-state index contributed by atoms with van der Waals surface area (Å²) in [6, 6.07) is 0. The molecule has 0 aromatic rings. The minimum Gasteiger partial charge on any atom is -0.348 e. The third-order valence-corrected chi connectivity index (χ3v) is 5.72. The lowest BCUT2D eigenvalue weighted by atomic mass is 9.97. The monoisotopic (exact) mass is 301 g/mol. The summed E-state index contributed by atoms with van der Waals surface area (Å²) < 4.78 is 0. The molecule has 0 radical (unpaired) electrons. The quantitative estimate of drug-likeness (QED) is 0.824. The maximum Gasteiger partial charge on any atom is 0.248 e. The van der Waals surface area contributed by atoms with Crippen LogP contribution in [0.4, 0.5) is 0 Å². The molecule has 0 aromatic heterocycles. The van der Waals surface area contributed by atoms with Gasteiger partial charge in [0.15, 0.2) is 0 Å². The van der Waals surface area contributed by atoms with E-state index in [9.17, 15) is 4.79 Å². The Morgan fingerprint density at radius 3 is 2.53 bits per heavy atom. The summed E-state index contributed by atoms with van der Waals surface area (Å²) in [6.45, 7) is 8.36. The SMILES string of the molecule is CSC(C)CSC1=C(C(=O)NC(C)(C)C)CCCC1. The standard InChI is InChI=1S/C15H27NOS2/c1-11(18-5)10-19-13-9-7-6-8-12(13)14(17)16-15(2,3)4/h11H,6-10H2,1-5H3,(H,16,17). The summed E-state index contributed by atoms with van der Waals surface area (Å²) in [5.41, 5.74) is 0.892. The number of rotatable bonds is 5. The molecule has 1 aliphatic rings. The molecule has 1 amide bonds. The molecule has 0 bridgehead atoms. The van der Waals surface area contributed by atoms with Crippen LogP contribution in [0.2, 0.25) is 0 Å². The lowest BCUT2D eigenvalue weighted by molar-refractivity contribution is -0.119. The molecular formula is C15H27NOS2. The molecule has 110 valence electrons. The summed E-state index contributed by atoms with van der Waals surface area (Å²) in [5, 5.41) is 3.75. The molecule has 0 saturated heterocycles. The zero-order valence-electron chi connectivity index (χ0n) is 12.8. The Balaban J connectivity index is 2.72. The van der Waals surface area contributed by atoms with Crippen LogP contribution in [0.5, 0.6) is 0 Å². The van der Waals surface area contributed by atoms with Gasteiger partial charge in [0, 0.05) is 22.1 Å². The molecule has 0 spiro atoms. The van der Waals surface area contributed by atoms with E-state index in [0.29, 0.717) is 5.25 Å². The van der Waals surface area contributed by atoms with Gasteiger partial charge >= 0.3 is 0 Å². The van der Waals surface area contributed by atoms with Crippen molar-refractivity contribution in [2.24, 2.45) is 0 Å². The highest BCUT2D eigenvalue weighted by molar-refractivity contribution is 8.05. The summed E-state index contributed by atoms with van der Waals surface area (Å²) >= 11 is 3.78. The second-order valence-electron chi connectivity index (χ2n) is 6.17. The topological polar surface area (TPSA) is 29.1 Å². The van der Waals surface area contributed by atoms with Crippen LogP contribution in [0.3, 0.4) is 0 Å². The van der Waals surface area contributed by atoms with Gasteiger partial charge in [-0.1, -0.05) is 6.92 Å². The van der Waals surface area contributed by atoms with Gasteiger partial charge in [0.1, 0.15) is 0 Å². The van der Waals surface area contributed by atoms with Crippen LogP contribution < -0.4 is 5.32 Å². The number of hydrogen-bond donors (Lipinski definition) is 1. The summed E-state index contributed by atoms with van der Waals surface area (Å²) in [6.07, 6.45) is 6.54. The second kappa shape index (κ2) is 7.63. The molecule has 1 rings (SSSR count). The first-order valence-corrected chi connectivity index (χ1v) is 9.31. The number of thioether (sulfide) groups is 2. The van der Waals surface area contributed by atoms with Gasteiger partial charge in [-0.2, -0.15) is 11.8 Å². The normalized spacial score (nSPS) is 18.4. The van der Waals surface area contributed by atoms with Crippen molar-refractivity contribution < 1.29 is 4.79 Å². The Morgan fingerprint density at radius 2 is 1.95 bits per heavy atom. The van der Waals surface area contributed by atoms with Crippen molar-refractivity contribution >= 4 is 29.4 Å². The van der Waals surface area contributed by atoms with E-state index in [2.05, 4.69) is 18.5 Å². The molecule has 0 aliphatic heterocycles. The van der Waals surface area contributed by atoms with E-state index in [0.717, 1.165) is 30.6 Å². The van der Waals surface area contributed by atoms with Crippen molar-refractivity contribution in [3.8, 4) is 0 Å². The van der Waals surface area contributed by atoms with Gasteiger partial charge in [-0.05, 0) is 57.6 Å². The molecule has 1 aliphatic carbocycles. The van der Waals surface area contributed by atoms with Gasteiger partial charge in [0.05, 0.1) is 0 Å². The number of nitrogens with one attached hydrogen (secondary N) is 1. The van der Waals surface area contributed by atoms with Crippen LogP contribution >= 0.6 is 23.5 Å². The average molecular weight is 302 g/mol. The van der Waals surface area contributed by atoms with Crippen molar-refractivity contribution in [2.45, 2.75) is 64.2 Å². The first kappa shape index (κ1) is 17.0. The first-order chi connectivity index (χ1) is 8.83. The van der Waals surface area contributed by atoms with E-state index >= 15 is 0 Å². The molecule has 0 heterocycles.